The first-order valence-electron chi connectivity index (χ1n) is 7.27. The Labute approximate surface area is 136 Å². The zero-order valence-corrected chi connectivity index (χ0v) is 13.6. The number of aryl methyl sites for hydroxylation is 1. The average molecular weight is 318 g/mol. The number of rotatable bonds is 6. The summed E-state index contributed by atoms with van der Waals surface area (Å²) in [7, 11) is 0. The molecule has 2 aromatic carbocycles. The quantitative estimate of drug-likeness (QED) is 0.772. The number of aliphatic hydroxyl groups is 1. The molecule has 1 N–H and O–H groups in total. The number of benzene rings is 2. The molecule has 0 bridgehead atoms. The number of halogens is 1. The Morgan fingerprint density at radius 3 is 2.45 bits per heavy atom. The highest BCUT2D eigenvalue weighted by atomic mass is 35.5. The van der Waals surface area contributed by atoms with Gasteiger partial charge in [0.2, 0.25) is 0 Å². The highest BCUT2D eigenvalue weighted by molar-refractivity contribution is 6.30. The molecule has 116 valence electrons. The Morgan fingerprint density at radius 2 is 1.82 bits per heavy atom. The van der Waals surface area contributed by atoms with E-state index in [1.165, 1.54) is 0 Å². The van der Waals surface area contributed by atoms with Gasteiger partial charge in [0, 0.05) is 23.8 Å². The minimum absolute atomic E-state index is 0.142. The predicted molar refractivity (Wildman–Crippen MR) is 91.8 cm³/mol. The van der Waals surface area contributed by atoms with Crippen LogP contribution in [0.3, 0.4) is 0 Å². The summed E-state index contributed by atoms with van der Waals surface area (Å²) in [5.74, 6) is 0. The molecule has 2 rings (SSSR count). The van der Waals surface area contributed by atoms with Crippen molar-refractivity contribution in [3.8, 4) is 0 Å². The number of hydrogen-bond donors (Lipinski definition) is 1. The second-order valence-electron chi connectivity index (χ2n) is 4.95. The van der Waals surface area contributed by atoms with Crippen LogP contribution in [0.4, 0.5) is 17.1 Å². The number of aliphatic hydroxyl groups excluding tert-OH is 1. The summed E-state index contributed by atoms with van der Waals surface area (Å²) in [5.41, 5.74) is 3.65. The van der Waals surface area contributed by atoms with Crippen molar-refractivity contribution in [2.45, 2.75) is 13.8 Å². The Kier molecular flexibility index (Phi) is 5.92. The van der Waals surface area contributed by atoms with Gasteiger partial charge in [0.05, 0.1) is 18.0 Å². The fraction of sp³-hybridized carbons (Fsp3) is 0.294. The molecule has 0 aliphatic heterocycles. The van der Waals surface area contributed by atoms with Crippen LogP contribution in [0.1, 0.15) is 12.5 Å². The average Bonchev–Trinajstić information content (AvgIpc) is 2.54. The van der Waals surface area contributed by atoms with Gasteiger partial charge in [-0.3, -0.25) is 0 Å². The van der Waals surface area contributed by atoms with Gasteiger partial charge in [-0.15, -0.1) is 0 Å². The molecule has 0 saturated carbocycles. The van der Waals surface area contributed by atoms with E-state index in [0.717, 1.165) is 29.2 Å². The van der Waals surface area contributed by atoms with E-state index in [1.807, 2.05) is 43.3 Å². The lowest BCUT2D eigenvalue weighted by Gasteiger charge is -2.21. The van der Waals surface area contributed by atoms with E-state index in [0.29, 0.717) is 11.6 Å². The summed E-state index contributed by atoms with van der Waals surface area (Å²) in [6.45, 7) is 5.65. The van der Waals surface area contributed by atoms with E-state index >= 15 is 0 Å². The van der Waals surface area contributed by atoms with Crippen LogP contribution in [0.25, 0.3) is 0 Å². The van der Waals surface area contributed by atoms with Gasteiger partial charge in [-0.25, -0.2) is 0 Å². The van der Waals surface area contributed by atoms with Crippen LogP contribution >= 0.6 is 11.6 Å². The van der Waals surface area contributed by atoms with E-state index in [4.69, 9.17) is 16.7 Å². The van der Waals surface area contributed by atoms with Gasteiger partial charge in [0.15, 0.2) is 0 Å². The lowest BCUT2D eigenvalue weighted by molar-refractivity contribution is 0.302. The molecule has 0 aliphatic rings. The summed E-state index contributed by atoms with van der Waals surface area (Å²) < 4.78 is 0. The molecule has 0 radical (unpaired) electrons. The minimum atomic E-state index is 0.142. The third kappa shape index (κ3) is 4.29. The van der Waals surface area contributed by atoms with Crippen molar-refractivity contribution < 1.29 is 5.11 Å². The highest BCUT2D eigenvalue weighted by Gasteiger charge is 2.03. The predicted octanol–water partition coefficient (Wildman–Crippen LogP) is 4.88. The number of likely N-dealkylation sites (N-methyl/N-ethyl adjacent to an activating group) is 1. The minimum Gasteiger partial charge on any atom is -0.395 e. The van der Waals surface area contributed by atoms with E-state index in [-0.39, 0.29) is 6.61 Å². The first-order chi connectivity index (χ1) is 10.6. The van der Waals surface area contributed by atoms with Crippen molar-refractivity contribution in [3.63, 3.8) is 0 Å². The second-order valence-corrected chi connectivity index (χ2v) is 5.39. The molecule has 0 fully saturated rings. The van der Waals surface area contributed by atoms with Gasteiger partial charge >= 0.3 is 0 Å². The molecule has 5 heteroatoms. The van der Waals surface area contributed by atoms with Gasteiger partial charge in [-0.1, -0.05) is 17.7 Å². The Balaban J connectivity index is 2.13. The van der Waals surface area contributed by atoms with E-state index < -0.39 is 0 Å². The van der Waals surface area contributed by atoms with E-state index in [1.54, 1.807) is 6.07 Å². The van der Waals surface area contributed by atoms with Gasteiger partial charge in [-0.05, 0) is 55.8 Å². The van der Waals surface area contributed by atoms with Crippen LogP contribution in [0, 0.1) is 6.92 Å². The maximum absolute atomic E-state index is 9.06. The molecule has 0 saturated heterocycles. The van der Waals surface area contributed by atoms with Gasteiger partial charge in [-0.2, -0.15) is 10.2 Å². The third-order valence-corrected chi connectivity index (χ3v) is 3.65. The first kappa shape index (κ1) is 16.5. The molecule has 4 nitrogen and oxygen atoms in total. The lowest BCUT2D eigenvalue weighted by atomic mass is 10.2. The smallest absolute Gasteiger partial charge is 0.0901 e. The Bertz CT molecular complexity index is 641. The zero-order valence-electron chi connectivity index (χ0n) is 12.8. The van der Waals surface area contributed by atoms with Crippen LogP contribution < -0.4 is 4.90 Å². The number of nitrogens with zero attached hydrogens (tertiary/aromatic N) is 3. The zero-order chi connectivity index (χ0) is 15.9. The SMILES string of the molecule is CCN(CCO)c1ccc(N=Nc2cc(Cl)ccc2C)cc1. The van der Waals surface area contributed by atoms with Crippen molar-refractivity contribution in [1.29, 1.82) is 0 Å². The lowest BCUT2D eigenvalue weighted by Crippen LogP contribution is -2.25. The van der Waals surface area contributed by atoms with Crippen LogP contribution in [0.15, 0.2) is 52.7 Å². The molecule has 0 atom stereocenters. The number of azo groups is 1. The standard InChI is InChI=1S/C17H20ClN3O/c1-3-21(10-11-22)16-8-6-15(7-9-16)19-20-17-12-14(18)5-4-13(17)2/h4-9,12,22H,3,10-11H2,1-2H3. The van der Waals surface area contributed by atoms with Crippen LogP contribution in [0.2, 0.25) is 5.02 Å². The maximum Gasteiger partial charge on any atom is 0.0901 e. The van der Waals surface area contributed by atoms with Gasteiger partial charge in [0.25, 0.3) is 0 Å². The van der Waals surface area contributed by atoms with Crippen molar-refractivity contribution >= 4 is 28.7 Å². The monoisotopic (exact) mass is 317 g/mol. The normalized spacial score (nSPS) is 11.1. The summed E-state index contributed by atoms with van der Waals surface area (Å²) in [5, 5.41) is 18.2. The van der Waals surface area contributed by atoms with Crippen LogP contribution in [-0.2, 0) is 0 Å². The second kappa shape index (κ2) is 7.92. The fourth-order valence-electron chi connectivity index (χ4n) is 2.12. The molecule has 0 aliphatic carbocycles. The van der Waals surface area contributed by atoms with Crippen molar-refractivity contribution in [1.82, 2.24) is 0 Å². The molecule has 22 heavy (non-hydrogen) atoms. The van der Waals surface area contributed by atoms with Crippen LogP contribution in [0.5, 0.6) is 0 Å². The van der Waals surface area contributed by atoms with E-state index in [9.17, 15) is 0 Å². The summed E-state index contributed by atoms with van der Waals surface area (Å²) in [6.07, 6.45) is 0. The molecular weight excluding hydrogens is 298 g/mol. The van der Waals surface area contributed by atoms with E-state index in [2.05, 4.69) is 22.1 Å². The van der Waals surface area contributed by atoms with Gasteiger partial charge in [0.1, 0.15) is 0 Å². The Morgan fingerprint density at radius 1 is 1.09 bits per heavy atom. The molecule has 2 aromatic rings. The third-order valence-electron chi connectivity index (χ3n) is 3.41. The fourth-order valence-corrected chi connectivity index (χ4v) is 2.29. The highest BCUT2D eigenvalue weighted by Crippen LogP contribution is 2.26. The summed E-state index contributed by atoms with van der Waals surface area (Å²) >= 11 is 5.97. The van der Waals surface area contributed by atoms with Crippen molar-refractivity contribution in [3.05, 3.63) is 53.1 Å². The molecule has 0 amide bonds. The summed E-state index contributed by atoms with van der Waals surface area (Å²) in [4.78, 5) is 2.10. The Hall–Kier alpha value is -1.91. The summed E-state index contributed by atoms with van der Waals surface area (Å²) in [6, 6.07) is 13.4. The first-order valence-corrected chi connectivity index (χ1v) is 7.65. The number of anilines is 1. The maximum atomic E-state index is 9.06. The molecule has 0 aromatic heterocycles. The molecule has 0 heterocycles. The molecule has 0 spiro atoms. The number of hydrogen-bond acceptors (Lipinski definition) is 4. The van der Waals surface area contributed by atoms with Crippen LogP contribution in [-0.4, -0.2) is 24.8 Å². The molecular formula is C17H20ClN3O. The largest absolute Gasteiger partial charge is 0.395 e. The van der Waals surface area contributed by atoms with Crippen molar-refractivity contribution in [2.24, 2.45) is 10.2 Å². The van der Waals surface area contributed by atoms with Gasteiger partial charge < -0.3 is 10.0 Å². The topological polar surface area (TPSA) is 48.2 Å². The van der Waals surface area contributed by atoms with Crippen molar-refractivity contribution in [2.75, 3.05) is 24.6 Å². The molecule has 0 unspecified atom stereocenters.